The molecule has 2 aromatic carbocycles. The summed E-state index contributed by atoms with van der Waals surface area (Å²) in [6, 6.07) is 18.4. The number of hydrogen-bond donors (Lipinski definition) is 2. The molecule has 2 aromatic rings. The first-order chi connectivity index (χ1) is 12.3. The molecule has 5 heteroatoms. The van der Waals surface area contributed by atoms with Crippen molar-refractivity contribution < 1.29 is 9.31 Å². The molecule has 0 radical (unpaired) electrons. The van der Waals surface area contributed by atoms with Gasteiger partial charge in [-0.1, -0.05) is 36.4 Å². The Bertz CT molecular complexity index is 774. The van der Waals surface area contributed by atoms with Gasteiger partial charge >= 0.3 is 7.12 Å². The van der Waals surface area contributed by atoms with Crippen LogP contribution in [0.4, 0.5) is 11.4 Å². The van der Waals surface area contributed by atoms with Crippen molar-refractivity contribution in [2.45, 2.75) is 38.9 Å². The molecule has 1 heterocycles. The first-order valence-electron chi connectivity index (χ1n) is 8.90. The molecule has 0 bridgehead atoms. The van der Waals surface area contributed by atoms with Crippen LogP contribution in [0.2, 0.25) is 0 Å². The van der Waals surface area contributed by atoms with Crippen LogP contribution in [-0.4, -0.2) is 24.1 Å². The molecular weight excluding hydrogens is 341 g/mol. The molecule has 1 aliphatic heterocycles. The minimum Gasteiger partial charge on any atom is -0.400 e. The number of nitrogens with one attached hydrogen (secondary N) is 1. The molecular formula is C21H26BNO2S. The van der Waals surface area contributed by atoms with Crippen LogP contribution in [-0.2, 0) is 9.31 Å². The summed E-state index contributed by atoms with van der Waals surface area (Å²) in [4.78, 5) is 0. The van der Waals surface area contributed by atoms with Crippen LogP contribution in [0, 0.1) is 0 Å². The Balaban J connectivity index is 1.81. The maximum atomic E-state index is 6.16. The zero-order valence-electron chi connectivity index (χ0n) is 15.8. The van der Waals surface area contributed by atoms with E-state index in [1.807, 2.05) is 36.4 Å². The molecule has 26 heavy (non-hydrogen) atoms. The van der Waals surface area contributed by atoms with E-state index >= 15 is 0 Å². The van der Waals surface area contributed by atoms with Gasteiger partial charge in [0.2, 0.25) is 0 Å². The third kappa shape index (κ3) is 4.17. The number of para-hydroxylation sites is 1. The monoisotopic (exact) mass is 367 g/mol. The molecule has 1 aliphatic rings. The second-order valence-electron chi connectivity index (χ2n) is 7.58. The van der Waals surface area contributed by atoms with Crippen molar-refractivity contribution >= 4 is 37.2 Å². The predicted molar refractivity (Wildman–Crippen MR) is 114 cm³/mol. The summed E-state index contributed by atoms with van der Waals surface area (Å²) in [6.07, 6.45) is 2.10. The summed E-state index contributed by atoms with van der Waals surface area (Å²) in [6.45, 7) is 8.25. The van der Waals surface area contributed by atoms with Gasteiger partial charge in [0.25, 0.3) is 0 Å². The molecule has 0 atom stereocenters. The average molecular weight is 367 g/mol. The number of thiol groups is 1. The third-order valence-corrected chi connectivity index (χ3v) is 5.40. The summed E-state index contributed by atoms with van der Waals surface area (Å²) < 4.78 is 12.3. The Kier molecular flexibility index (Phi) is 5.51. The van der Waals surface area contributed by atoms with Gasteiger partial charge in [-0.15, -0.1) is 0 Å². The van der Waals surface area contributed by atoms with Crippen LogP contribution in [0.15, 0.2) is 60.1 Å². The standard InChI is InChI=1S/C21H26BNO2S/c1-20(2)21(3,4)25-22(24-20)17(15-26)13-16-9-8-12-19(14-16)23-18-10-6-5-7-11-18/h5-14,23,26H,15H2,1-4H3. The molecule has 0 aromatic heterocycles. The molecule has 0 aliphatic carbocycles. The van der Waals surface area contributed by atoms with Gasteiger partial charge in [0.1, 0.15) is 0 Å². The highest BCUT2D eigenvalue weighted by Gasteiger charge is 2.52. The molecule has 136 valence electrons. The summed E-state index contributed by atoms with van der Waals surface area (Å²) in [5.74, 6) is 0.577. The van der Waals surface area contributed by atoms with Crippen molar-refractivity contribution in [1.82, 2.24) is 0 Å². The molecule has 1 fully saturated rings. The topological polar surface area (TPSA) is 30.5 Å². The number of rotatable bonds is 5. The fourth-order valence-corrected chi connectivity index (χ4v) is 3.03. The van der Waals surface area contributed by atoms with Gasteiger partial charge in [-0.2, -0.15) is 12.6 Å². The van der Waals surface area contributed by atoms with E-state index in [1.165, 1.54) is 0 Å². The predicted octanol–water partition coefficient (Wildman–Crippen LogP) is 5.37. The highest BCUT2D eigenvalue weighted by Crippen LogP contribution is 2.39. The molecule has 0 saturated carbocycles. The maximum absolute atomic E-state index is 6.16. The maximum Gasteiger partial charge on any atom is 0.491 e. The number of hydrogen-bond acceptors (Lipinski definition) is 4. The Morgan fingerprint density at radius 3 is 2.19 bits per heavy atom. The van der Waals surface area contributed by atoms with E-state index < -0.39 is 0 Å². The molecule has 0 spiro atoms. The first-order valence-corrected chi connectivity index (χ1v) is 9.53. The minimum atomic E-state index is -0.372. The highest BCUT2D eigenvalue weighted by atomic mass is 32.1. The van der Waals surface area contributed by atoms with E-state index in [1.54, 1.807) is 0 Å². The van der Waals surface area contributed by atoms with Crippen molar-refractivity contribution in [3.05, 3.63) is 65.6 Å². The van der Waals surface area contributed by atoms with Crippen molar-refractivity contribution in [3.8, 4) is 0 Å². The summed E-state index contributed by atoms with van der Waals surface area (Å²) >= 11 is 4.50. The Labute approximate surface area is 162 Å². The van der Waals surface area contributed by atoms with E-state index in [4.69, 9.17) is 9.31 Å². The summed E-state index contributed by atoms with van der Waals surface area (Å²) in [5.41, 5.74) is 3.51. The third-order valence-electron chi connectivity index (χ3n) is 5.04. The molecule has 0 unspecified atom stereocenters. The lowest BCUT2D eigenvalue weighted by Gasteiger charge is -2.32. The van der Waals surface area contributed by atoms with E-state index in [0.29, 0.717) is 5.75 Å². The lowest BCUT2D eigenvalue weighted by atomic mass is 9.78. The van der Waals surface area contributed by atoms with E-state index in [2.05, 4.69) is 69.9 Å². The van der Waals surface area contributed by atoms with Crippen molar-refractivity contribution in [2.24, 2.45) is 0 Å². The van der Waals surface area contributed by atoms with Gasteiger partial charge in [-0.25, -0.2) is 0 Å². The van der Waals surface area contributed by atoms with Gasteiger partial charge in [-0.05, 0) is 63.0 Å². The second-order valence-corrected chi connectivity index (χ2v) is 7.90. The van der Waals surface area contributed by atoms with Crippen LogP contribution < -0.4 is 5.32 Å². The zero-order chi connectivity index (χ0) is 18.8. The Morgan fingerprint density at radius 2 is 1.58 bits per heavy atom. The highest BCUT2D eigenvalue weighted by molar-refractivity contribution is 7.80. The molecule has 1 saturated heterocycles. The summed E-state index contributed by atoms with van der Waals surface area (Å²) in [5, 5.41) is 3.42. The molecule has 3 nitrogen and oxygen atoms in total. The van der Waals surface area contributed by atoms with Crippen molar-refractivity contribution in [2.75, 3.05) is 11.1 Å². The van der Waals surface area contributed by atoms with Gasteiger partial charge < -0.3 is 14.6 Å². The van der Waals surface area contributed by atoms with Gasteiger partial charge in [-0.3, -0.25) is 0 Å². The minimum absolute atomic E-state index is 0.351. The smallest absolute Gasteiger partial charge is 0.400 e. The second kappa shape index (κ2) is 7.51. The van der Waals surface area contributed by atoms with Crippen LogP contribution >= 0.6 is 12.6 Å². The fourth-order valence-electron chi connectivity index (χ4n) is 2.79. The van der Waals surface area contributed by atoms with Crippen LogP contribution in [0.1, 0.15) is 33.3 Å². The van der Waals surface area contributed by atoms with E-state index in [-0.39, 0.29) is 18.3 Å². The number of anilines is 2. The first kappa shape index (κ1) is 19.1. The number of benzene rings is 2. The van der Waals surface area contributed by atoms with Gasteiger partial charge in [0.15, 0.2) is 0 Å². The van der Waals surface area contributed by atoms with E-state index in [9.17, 15) is 0 Å². The molecule has 1 N–H and O–H groups in total. The van der Waals surface area contributed by atoms with Crippen LogP contribution in [0.5, 0.6) is 0 Å². The quantitative estimate of drug-likeness (QED) is 0.550. The largest absolute Gasteiger partial charge is 0.491 e. The lowest BCUT2D eigenvalue weighted by Crippen LogP contribution is -2.41. The average Bonchev–Trinajstić information content (AvgIpc) is 2.81. The fraction of sp³-hybridized carbons (Fsp3) is 0.333. The Morgan fingerprint density at radius 1 is 0.962 bits per heavy atom. The molecule has 3 rings (SSSR count). The SMILES string of the molecule is CC1(C)OB(C(=Cc2cccc(Nc3ccccc3)c2)CS)OC1(C)C. The van der Waals surface area contributed by atoms with Gasteiger partial charge in [0, 0.05) is 17.1 Å². The van der Waals surface area contributed by atoms with E-state index in [0.717, 1.165) is 22.4 Å². The Hall–Kier alpha value is -1.69. The van der Waals surface area contributed by atoms with Gasteiger partial charge in [0.05, 0.1) is 11.2 Å². The lowest BCUT2D eigenvalue weighted by molar-refractivity contribution is 0.00578. The van der Waals surface area contributed by atoms with Crippen LogP contribution in [0.3, 0.4) is 0 Å². The van der Waals surface area contributed by atoms with Crippen LogP contribution in [0.25, 0.3) is 6.08 Å². The molecule has 0 amide bonds. The summed E-state index contributed by atoms with van der Waals surface area (Å²) in [7, 11) is -0.372. The van der Waals surface area contributed by atoms with Crippen molar-refractivity contribution in [1.29, 1.82) is 0 Å². The van der Waals surface area contributed by atoms with Crippen molar-refractivity contribution in [3.63, 3.8) is 0 Å². The zero-order valence-corrected chi connectivity index (χ0v) is 16.7. The normalized spacial score (nSPS) is 18.8.